The molecule has 1 amide bonds. The van der Waals surface area contributed by atoms with Crippen molar-refractivity contribution < 1.29 is 9.53 Å². The standard InChI is InChI=1S/C10H19NO2/c1-3-7-13-8-10-5-4-6-11(10)9(2)12/h10H,3-8H2,1-2H3/t10-/m0/s1. The SMILES string of the molecule is CCCOC[C@@H]1CCCN1C(C)=O. The van der Waals surface area contributed by atoms with Crippen molar-refractivity contribution in [2.24, 2.45) is 0 Å². The summed E-state index contributed by atoms with van der Waals surface area (Å²) in [5, 5.41) is 0. The summed E-state index contributed by atoms with van der Waals surface area (Å²) >= 11 is 0. The van der Waals surface area contributed by atoms with Crippen LogP contribution in [0.2, 0.25) is 0 Å². The molecule has 0 unspecified atom stereocenters. The number of amides is 1. The Bertz CT molecular complexity index is 170. The quantitative estimate of drug-likeness (QED) is 0.620. The molecule has 13 heavy (non-hydrogen) atoms. The molecule has 1 heterocycles. The maximum Gasteiger partial charge on any atom is 0.219 e. The normalized spacial score (nSPS) is 22.3. The first-order valence-electron chi connectivity index (χ1n) is 5.10. The molecular weight excluding hydrogens is 166 g/mol. The number of nitrogens with zero attached hydrogens (tertiary/aromatic N) is 1. The van der Waals surface area contributed by atoms with Crippen LogP contribution in [-0.2, 0) is 9.53 Å². The van der Waals surface area contributed by atoms with Crippen LogP contribution >= 0.6 is 0 Å². The Labute approximate surface area is 80.1 Å². The van der Waals surface area contributed by atoms with Crippen molar-refractivity contribution >= 4 is 5.91 Å². The number of hydrogen-bond acceptors (Lipinski definition) is 2. The third-order valence-electron chi connectivity index (χ3n) is 2.44. The monoisotopic (exact) mass is 185 g/mol. The lowest BCUT2D eigenvalue weighted by molar-refractivity contribution is -0.130. The van der Waals surface area contributed by atoms with Crippen LogP contribution in [-0.4, -0.2) is 36.6 Å². The predicted molar refractivity (Wildman–Crippen MR) is 51.5 cm³/mol. The predicted octanol–water partition coefficient (Wildman–Crippen LogP) is 1.42. The van der Waals surface area contributed by atoms with E-state index in [0.29, 0.717) is 12.6 Å². The summed E-state index contributed by atoms with van der Waals surface area (Å²) in [7, 11) is 0. The highest BCUT2D eigenvalue weighted by molar-refractivity contribution is 5.73. The molecule has 1 fully saturated rings. The second kappa shape index (κ2) is 5.22. The van der Waals surface area contributed by atoms with Crippen molar-refractivity contribution in [3.8, 4) is 0 Å². The molecule has 1 atom stereocenters. The number of carbonyl (C=O) groups is 1. The highest BCUT2D eigenvalue weighted by Crippen LogP contribution is 2.17. The van der Waals surface area contributed by atoms with Gasteiger partial charge in [-0.05, 0) is 19.3 Å². The summed E-state index contributed by atoms with van der Waals surface area (Å²) in [5.41, 5.74) is 0. The second-order valence-electron chi connectivity index (χ2n) is 3.58. The van der Waals surface area contributed by atoms with Gasteiger partial charge in [0.25, 0.3) is 0 Å². The van der Waals surface area contributed by atoms with Crippen molar-refractivity contribution in [3.05, 3.63) is 0 Å². The molecule has 1 rings (SSSR count). The van der Waals surface area contributed by atoms with Crippen molar-refractivity contribution in [3.63, 3.8) is 0 Å². The minimum absolute atomic E-state index is 0.183. The molecule has 0 aliphatic carbocycles. The fourth-order valence-corrected chi connectivity index (χ4v) is 1.79. The van der Waals surface area contributed by atoms with Crippen LogP contribution < -0.4 is 0 Å². The van der Waals surface area contributed by atoms with Gasteiger partial charge in [-0.2, -0.15) is 0 Å². The first kappa shape index (κ1) is 10.5. The molecule has 0 radical (unpaired) electrons. The third kappa shape index (κ3) is 2.99. The summed E-state index contributed by atoms with van der Waals surface area (Å²) in [4.78, 5) is 13.1. The van der Waals surface area contributed by atoms with Gasteiger partial charge in [0, 0.05) is 20.1 Å². The molecule has 0 aromatic carbocycles. The summed E-state index contributed by atoms with van der Waals surface area (Å²) in [6.45, 7) is 6.17. The smallest absolute Gasteiger partial charge is 0.219 e. The Kier molecular flexibility index (Phi) is 4.22. The van der Waals surface area contributed by atoms with Crippen LogP contribution in [0.3, 0.4) is 0 Å². The zero-order valence-electron chi connectivity index (χ0n) is 8.58. The Hall–Kier alpha value is -0.570. The fraction of sp³-hybridized carbons (Fsp3) is 0.900. The summed E-state index contributed by atoms with van der Waals surface area (Å²) in [5.74, 6) is 0.183. The van der Waals surface area contributed by atoms with Crippen LogP contribution in [0.4, 0.5) is 0 Å². The van der Waals surface area contributed by atoms with Crippen LogP contribution in [0.1, 0.15) is 33.1 Å². The lowest BCUT2D eigenvalue weighted by Crippen LogP contribution is -2.36. The molecule has 76 valence electrons. The number of rotatable bonds is 4. The molecule has 1 saturated heterocycles. The Morgan fingerprint density at radius 3 is 3.00 bits per heavy atom. The van der Waals surface area contributed by atoms with Gasteiger partial charge in [0.05, 0.1) is 12.6 Å². The largest absolute Gasteiger partial charge is 0.379 e. The molecule has 1 aliphatic rings. The Morgan fingerprint density at radius 1 is 1.62 bits per heavy atom. The van der Waals surface area contributed by atoms with E-state index in [1.165, 1.54) is 0 Å². The van der Waals surface area contributed by atoms with E-state index in [1.807, 2.05) is 4.90 Å². The first-order chi connectivity index (χ1) is 6.25. The zero-order chi connectivity index (χ0) is 9.68. The topological polar surface area (TPSA) is 29.5 Å². The number of ether oxygens (including phenoxy) is 1. The van der Waals surface area contributed by atoms with E-state index in [1.54, 1.807) is 6.92 Å². The van der Waals surface area contributed by atoms with E-state index in [2.05, 4.69) is 6.92 Å². The average molecular weight is 185 g/mol. The minimum atomic E-state index is 0.183. The van der Waals surface area contributed by atoms with Gasteiger partial charge in [-0.25, -0.2) is 0 Å². The molecule has 0 aromatic heterocycles. The maximum absolute atomic E-state index is 11.2. The van der Waals surface area contributed by atoms with E-state index in [4.69, 9.17) is 4.74 Å². The van der Waals surface area contributed by atoms with Gasteiger partial charge in [0.2, 0.25) is 5.91 Å². The number of hydrogen-bond donors (Lipinski definition) is 0. The molecule has 3 nitrogen and oxygen atoms in total. The van der Waals surface area contributed by atoms with Gasteiger partial charge in [-0.3, -0.25) is 4.79 Å². The van der Waals surface area contributed by atoms with Gasteiger partial charge in [0.15, 0.2) is 0 Å². The lowest BCUT2D eigenvalue weighted by atomic mass is 10.2. The summed E-state index contributed by atoms with van der Waals surface area (Å²) in [6.07, 6.45) is 3.27. The van der Waals surface area contributed by atoms with Crippen molar-refractivity contribution in [2.45, 2.75) is 39.2 Å². The molecule has 0 bridgehead atoms. The van der Waals surface area contributed by atoms with Gasteiger partial charge in [-0.1, -0.05) is 6.92 Å². The average Bonchev–Trinajstić information content (AvgIpc) is 2.53. The van der Waals surface area contributed by atoms with Gasteiger partial charge >= 0.3 is 0 Å². The summed E-state index contributed by atoms with van der Waals surface area (Å²) < 4.78 is 5.45. The van der Waals surface area contributed by atoms with E-state index < -0.39 is 0 Å². The van der Waals surface area contributed by atoms with E-state index >= 15 is 0 Å². The van der Waals surface area contributed by atoms with Crippen molar-refractivity contribution in [1.82, 2.24) is 4.90 Å². The number of likely N-dealkylation sites (tertiary alicyclic amines) is 1. The van der Waals surface area contributed by atoms with Crippen LogP contribution in [0.5, 0.6) is 0 Å². The zero-order valence-corrected chi connectivity index (χ0v) is 8.58. The molecular formula is C10H19NO2. The first-order valence-corrected chi connectivity index (χ1v) is 5.10. The number of carbonyl (C=O) groups excluding carboxylic acids is 1. The molecule has 0 spiro atoms. The van der Waals surface area contributed by atoms with Crippen LogP contribution in [0.25, 0.3) is 0 Å². The highest BCUT2D eigenvalue weighted by atomic mass is 16.5. The third-order valence-corrected chi connectivity index (χ3v) is 2.44. The van der Waals surface area contributed by atoms with E-state index in [9.17, 15) is 4.79 Å². The van der Waals surface area contributed by atoms with Crippen LogP contribution in [0, 0.1) is 0 Å². The summed E-state index contributed by atoms with van der Waals surface area (Å²) in [6, 6.07) is 0.337. The van der Waals surface area contributed by atoms with E-state index in [-0.39, 0.29) is 5.91 Å². The van der Waals surface area contributed by atoms with Gasteiger partial charge < -0.3 is 9.64 Å². The molecule has 0 saturated carbocycles. The maximum atomic E-state index is 11.2. The highest BCUT2D eigenvalue weighted by Gasteiger charge is 2.26. The van der Waals surface area contributed by atoms with Gasteiger partial charge in [0.1, 0.15) is 0 Å². The molecule has 0 aromatic rings. The molecule has 0 N–H and O–H groups in total. The lowest BCUT2D eigenvalue weighted by Gasteiger charge is -2.22. The molecule has 3 heteroatoms. The van der Waals surface area contributed by atoms with E-state index in [0.717, 1.165) is 32.4 Å². The molecule has 1 aliphatic heterocycles. The van der Waals surface area contributed by atoms with Gasteiger partial charge in [-0.15, -0.1) is 0 Å². The van der Waals surface area contributed by atoms with Crippen molar-refractivity contribution in [1.29, 1.82) is 0 Å². The Balaban J connectivity index is 2.27. The van der Waals surface area contributed by atoms with Crippen LogP contribution in [0.15, 0.2) is 0 Å². The van der Waals surface area contributed by atoms with Crippen molar-refractivity contribution in [2.75, 3.05) is 19.8 Å². The fourth-order valence-electron chi connectivity index (χ4n) is 1.79. The second-order valence-corrected chi connectivity index (χ2v) is 3.58. The Morgan fingerprint density at radius 2 is 2.38 bits per heavy atom. The minimum Gasteiger partial charge on any atom is -0.379 e.